The quantitative estimate of drug-likeness (QED) is 0.757. The molecule has 0 aromatic carbocycles. The van der Waals surface area contributed by atoms with Crippen molar-refractivity contribution in [2.24, 2.45) is 11.8 Å². The predicted octanol–water partition coefficient (Wildman–Crippen LogP) is 2.53. The second-order valence-electron chi connectivity index (χ2n) is 4.72. The third-order valence-corrected chi connectivity index (χ3v) is 4.30. The van der Waals surface area contributed by atoms with Crippen LogP contribution in [-0.2, 0) is 4.79 Å². The van der Waals surface area contributed by atoms with Crippen molar-refractivity contribution in [1.82, 2.24) is 4.90 Å². The van der Waals surface area contributed by atoms with Crippen molar-refractivity contribution >= 4 is 17.7 Å². The lowest BCUT2D eigenvalue weighted by Crippen LogP contribution is -2.35. The SMILES string of the molecule is CCN(CC(C)C#N)C(=O)CC1CCSCC1. The molecule has 1 rings (SSSR count). The van der Waals surface area contributed by atoms with E-state index in [1.165, 1.54) is 24.3 Å². The molecule has 1 aliphatic heterocycles. The number of carbonyl (C=O) groups excluding carboxylic acids is 1. The summed E-state index contributed by atoms with van der Waals surface area (Å²) in [5.74, 6) is 3.11. The molecule has 17 heavy (non-hydrogen) atoms. The molecule has 0 bridgehead atoms. The van der Waals surface area contributed by atoms with Gasteiger partial charge in [-0.15, -0.1) is 0 Å². The minimum absolute atomic E-state index is 0.0687. The zero-order valence-corrected chi connectivity index (χ0v) is 11.6. The Morgan fingerprint density at radius 3 is 2.71 bits per heavy atom. The van der Waals surface area contributed by atoms with Gasteiger partial charge in [0.15, 0.2) is 0 Å². The van der Waals surface area contributed by atoms with E-state index in [0.29, 0.717) is 25.4 Å². The lowest BCUT2D eigenvalue weighted by Gasteiger charge is -2.26. The van der Waals surface area contributed by atoms with E-state index < -0.39 is 0 Å². The third-order valence-electron chi connectivity index (χ3n) is 3.25. The van der Waals surface area contributed by atoms with E-state index in [1.54, 1.807) is 0 Å². The molecule has 1 amide bonds. The van der Waals surface area contributed by atoms with Crippen molar-refractivity contribution in [3.05, 3.63) is 0 Å². The fourth-order valence-electron chi connectivity index (χ4n) is 2.11. The lowest BCUT2D eigenvalue weighted by molar-refractivity contribution is -0.132. The molecule has 0 aliphatic carbocycles. The van der Waals surface area contributed by atoms with Crippen LogP contribution in [0.3, 0.4) is 0 Å². The summed E-state index contributed by atoms with van der Waals surface area (Å²) in [6.45, 7) is 5.14. The van der Waals surface area contributed by atoms with Gasteiger partial charge in [-0.3, -0.25) is 4.79 Å². The van der Waals surface area contributed by atoms with E-state index in [1.807, 2.05) is 30.5 Å². The molecule has 0 radical (unpaired) electrons. The van der Waals surface area contributed by atoms with E-state index in [-0.39, 0.29) is 11.8 Å². The molecule has 1 saturated heterocycles. The average Bonchev–Trinajstić information content (AvgIpc) is 2.36. The Morgan fingerprint density at radius 2 is 2.18 bits per heavy atom. The first-order valence-electron chi connectivity index (χ1n) is 6.42. The zero-order chi connectivity index (χ0) is 12.7. The Morgan fingerprint density at radius 1 is 1.53 bits per heavy atom. The van der Waals surface area contributed by atoms with E-state index >= 15 is 0 Å². The van der Waals surface area contributed by atoms with Crippen LogP contribution in [-0.4, -0.2) is 35.4 Å². The van der Waals surface area contributed by atoms with E-state index in [9.17, 15) is 4.79 Å². The Bertz CT molecular complexity index is 282. The maximum atomic E-state index is 12.1. The van der Waals surface area contributed by atoms with Crippen molar-refractivity contribution in [2.45, 2.75) is 33.1 Å². The molecule has 0 aromatic heterocycles. The van der Waals surface area contributed by atoms with Crippen molar-refractivity contribution in [3.8, 4) is 6.07 Å². The van der Waals surface area contributed by atoms with Gasteiger partial charge in [-0.25, -0.2) is 0 Å². The highest BCUT2D eigenvalue weighted by molar-refractivity contribution is 7.99. The minimum atomic E-state index is -0.0687. The minimum Gasteiger partial charge on any atom is -0.342 e. The van der Waals surface area contributed by atoms with Crippen molar-refractivity contribution < 1.29 is 4.79 Å². The summed E-state index contributed by atoms with van der Waals surface area (Å²) in [7, 11) is 0. The number of nitriles is 1. The van der Waals surface area contributed by atoms with Gasteiger partial charge in [-0.05, 0) is 44.1 Å². The summed E-state index contributed by atoms with van der Waals surface area (Å²) in [5, 5.41) is 8.79. The van der Waals surface area contributed by atoms with E-state index in [0.717, 1.165) is 0 Å². The highest BCUT2D eigenvalue weighted by Crippen LogP contribution is 2.25. The molecule has 1 heterocycles. The molecule has 0 aromatic rings. The Balaban J connectivity index is 2.40. The number of amides is 1. The molecular formula is C13H22N2OS. The molecule has 1 aliphatic rings. The number of thioether (sulfide) groups is 1. The highest BCUT2D eigenvalue weighted by Gasteiger charge is 2.21. The third kappa shape index (κ3) is 4.99. The summed E-state index contributed by atoms with van der Waals surface area (Å²) >= 11 is 1.99. The van der Waals surface area contributed by atoms with Crippen molar-refractivity contribution in [3.63, 3.8) is 0 Å². The molecule has 96 valence electrons. The molecule has 4 heteroatoms. The first kappa shape index (κ1) is 14.4. The summed E-state index contributed by atoms with van der Waals surface area (Å²) in [6.07, 6.45) is 3.01. The van der Waals surface area contributed by atoms with Crippen LogP contribution < -0.4 is 0 Å². The van der Waals surface area contributed by atoms with Gasteiger partial charge < -0.3 is 4.90 Å². The molecule has 1 fully saturated rings. The molecule has 0 saturated carbocycles. The molecule has 1 unspecified atom stereocenters. The molecule has 0 spiro atoms. The van der Waals surface area contributed by atoms with Gasteiger partial charge in [0, 0.05) is 19.5 Å². The Kier molecular flexibility index (Phi) is 6.43. The Hall–Kier alpha value is -0.690. The van der Waals surface area contributed by atoms with Gasteiger partial charge in [-0.2, -0.15) is 17.0 Å². The number of carbonyl (C=O) groups is 1. The standard InChI is InChI=1S/C13H22N2OS/c1-3-15(10-11(2)9-14)13(16)8-12-4-6-17-7-5-12/h11-12H,3-8,10H2,1-2H3. The largest absolute Gasteiger partial charge is 0.342 e. The number of rotatable bonds is 5. The number of hydrogen-bond acceptors (Lipinski definition) is 3. The van der Waals surface area contributed by atoms with Crippen LogP contribution in [0.1, 0.15) is 33.1 Å². The van der Waals surface area contributed by atoms with Crippen LogP contribution >= 0.6 is 11.8 Å². The summed E-state index contributed by atoms with van der Waals surface area (Å²) < 4.78 is 0. The summed E-state index contributed by atoms with van der Waals surface area (Å²) in [4.78, 5) is 13.9. The van der Waals surface area contributed by atoms with Crippen LogP contribution in [0.5, 0.6) is 0 Å². The molecule has 3 nitrogen and oxygen atoms in total. The molecular weight excluding hydrogens is 232 g/mol. The van der Waals surface area contributed by atoms with Gasteiger partial charge in [0.05, 0.1) is 12.0 Å². The van der Waals surface area contributed by atoms with Crippen molar-refractivity contribution in [1.29, 1.82) is 5.26 Å². The smallest absolute Gasteiger partial charge is 0.222 e. The van der Waals surface area contributed by atoms with Crippen molar-refractivity contribution in [2.75, 3.05) is 24.6 Å². The summed E-state index contributed by atoms with van der Waals surface area (Å²) in [5.41, 5.74) is 0. The van der Waals surface area contributed by atoms with Gasteiger partial charge in [0.2, 0.25) is 5.91 Å². The Labute approximate surface area is 109 Å². The van der Waals surface area contributed by atoms with Crippen LogP contribution in [0.25, 0.3) is 0 Å². The van der Waals surface area contributed by atoms with Crippen LogP contribution in [0.15, 0.2) is 0 Å². The van der Waals surface area contributed by atoms with Gasteiger partial charge in [-0.1, -0.05) is 0 Å². The van der Waals surface area contributed by atoms with Gasteiger partial charge in [0.1, 0.15) is 0 Å². The normalized spacial score (nSPS) is 18.4. The second kappa shape index (κ2) is 7.60. The number of nitrogens with zero attached hydrogens (tertiary/aromatic N) is 2. The van der Waals surface area contributed by atoms with Crippen LogP contribution in [0, 0.1) is 23.2 Å². The van der Waals surface area contributed by atoms with Gasteiger partial charge >= 0.3 is 0 Å². The van der Waals surface area contributed by atoms with E-state index in [4.69, 9.17) is 5.26 Å². The zero-order valence-electron chi connectivity index (χ0n) is 10.8. The lowest BCUT2D eigenvalue weighted by atomic mass is 9.98. The first-order valence-corrected chi connectivity index (χ1v) is 7.58. The second-order valence-corrected chi connectivity index (χ2v) is 5.95. The molecule has 1 atom stereocenters. The predicted molar refractivity (Wildman–Crippen MR) is 71.7 cm³/mol. The number of hydrogen-bond donors (Lipinski definition) is 0. The maximum Gasteiger partial charge on any atom is 0.222 e. The first-order chi connectivity index (χ1) is 8.17. The average molecular weight is 254 g/mol. The molecule has 0 N–H and O–H groups in total. The fraction of sp³-hybridized carbons (Fsp3) is 0.846. The highest BCUT2D eigenvalue weighted by atomic mass is 32.2. The van der Waals surface area contributed by atoms with Gasteiger partial charge in [0.25, 0.3) is 0 Å². The van der Waals surface area contributed by atoms with E-state index in [2.05, 4.69) is 6.07 Å². The topological polar surface area (TPSA) is 44.1 Å². The fourth-order valence-corrected chi connectivity index (χ4v) is 3.31. The van der Waals surface area contributed by atoms with Crippen LogP contribution in [0.4, 0.5) is 0 Å². The monoisotopic (exact) mass is 254 g/mol. The summed E-state index contributed by atoms with van der Waals surface area (Å²) in [6, 6.07) is 2.19. The maximum absolute atomic E-state index is 12.1. The van der Waals surface area contributed by atoms with Crippen LogP contribution in [0.2, 0.25) is 0 Å².